The summed E-state index contributed by atoms with van der Waals surface area (Å²) < 4.78 is 1.20. The summed E-state index contributed by atoms with van der Waals surface area (Å²) in [5, 5.41) is 18.1. The summed E-state index contributed by atoms with van der Waals surface area (Å²) in [6, 6.07) is 18.0. The zero-order valence-electron chi connectivity index (χ0n) is 20.6. The van der Waals surface area contributed by atoms with Gasteiger partial charge in [0.15, 0.2) is 0 Å². The molecule has 0 aliphatic heterocycles. The Morgan fingerprint density at radius 1 is 0.714 bits per heavy atom. The Balaban J connectivity index is 1.32. The van der Waals surface area contributed by atoms with Crippen molar-refractivity contribution in [1.29, 1.82) is 0 Å². The molecule has 0 unspecified atom stereocenters. The number of hydrogen-bond donors (Lipinski definition) is 0. The summed E-state index contributed by atoms with van der Waals surface area (Å²) in [5.74, 6) is 0. The van der Waals surface area contributed by atoms with Crippen LogP contribution in [0.15, 0.2) is 75.1 Å². The number of benzene rings is 2. The van der Waals surface area contributed by atoms with Crippen LogP contribution in [0.2, 0.25) is 0 Å². The topological polar surface area (TPSA) is 65.6 Å². The van der Waals surface area contributed by atoms with E-state index in [4.69, 9.17) is 0 Å². The summed E-state index contributed by atoms with van der Waals surface area (Å²) >= 11 is 3.38. The average molecular weight is 505 g/mol. The second kappa shape index (κ2) is 12.7. The van der Waals surface area contributed by atoms with Gasteiger partial charge in [-0.3, -0.25) is 0 Å². The number of thiazole rings is 1. The van der Waals surface area contributed by atoms with Crippen LogP contribution in [-0.4, -0.2) is 18.1 Å². The minimum Gasteiger partial charge on any atom is -0.372 e. The smallest absolute Gasteiger partial charge is 0.231 e. The lowest BCUT2D eigenvalue weighted by Gasteiger charge is -2.20. The van der Waals surface area contributed by atoms with Gasteiger partial charge in [-0.25, -0.2) is 4.98 Å². The van der Waals surface area contributed by atoms with E-state index in [1.165, 1.54) is 40.9 Å². The molecule has 0 saturated carbocycles. The number of azo groups is 2. The zero-order valence-corrected chi connectivity index (χ0v) is 22.3. The number of aromatic nitrogens is 1. The van der Waals surface area contributed by atoms with Crippen molar-refractivity contribution >= 4 is 60.1 Å². The number of anilines is 1. The van der Waals surface area contributed by atoms with E-state index in [0.29, 0.717) is 5.13 Å². The van der Waals surface area contributed by atoms with Crippen molar-refractivity contribution in [2.75, 3.05) is 18.0 Å². The Kier molecular flexibility index (Phi) is 9.08. The van der Waals surface area contributed by atoms with Crippen LogP contribution in [0, 0.1) is 0 Å². The van der Waals surface area contributed by atoms with E-state index < -0.39 is 0 Å². The number of rotatable bonds is 12. The molecule has 182 valence electrons. The average Bonchev–Trinajstić information content (AvgIpc) is 3.45. The lowest BCUT2D eigenvalue weighted by atomic mass is 10.1. The van der Waals surface area contributed by atoms with Gasteiger partial charge in [0.1, 0.15) is 4.83 Å². The van der Waals surface area contributed by atoms with Gasteiger partial charge in [-0.1, -0.05) is 37.5 Å². The van der Waals surface area contributed by atoms with Gasteiger partial charge in [0.05, 0.1) is 21.8 Å². The maximum atomic E-state index is 4.64. The normalized spacial score (nSPS) is 11.9. The molecular weight excluding hydrogens is 472 g/mol. The second-order valence-corrected chi connectivity index (χ2v) is 10.4. The molecule has 0 atom stereocenters. The van der Waals surface area contributed by atoms with Crippen molar-refractivity contribution < 1.29 is 0 Å². The second-order valence-electron chi connectivity index (χ2n) is 8.29. The van der Waals surface area contributed by atoms with Crippen molar-refractivity contribution in [3.63, 3.8) is 0 Å². The summed E-state index contributed by atoms with van der Waals surface area (Å²) in [6.07, 6.45) is 6.30. The number of hydrogen-bond acceptors (Lipinski definition) is 8. The van der Waals surface area contributed by atoms with Crippen LogP contribution in [0.25, 0.3) is 9.53 Å². The Morgan fingerprint density at radius 3 is 1.89 bits per heavy atom. The minimum absolute atomic E-state index is 0.695. The van der Waals surface area contributed by atoms with Crippen molar-refractivity contribution in [3.8, 4) is 0 Å². The van der Waals surface area contributed by atoms with E-state index >= 15 is 0 Å². The Hall–Kier alpha value is -2.97. The van der Waals surface area contributed by atoms with Crippen molar-refractivity contribution in [3.05, 3.63) is 59.5 Å². The lowest BCUT2D eigenvalue weighted by molar-refractivity contribution is 0.670. The predicted molar refractivity (Wildman–Crippen MR) is 150 cm³/mol. The largest absolute Gasteiger partial charge is 0.372 e. The van der Waals surface area contributed by atoms with Gasteiger partial charge in [0, 0.05) is 23.7 Å². The van der Waals surface area contributed by atoms with Gasteiger partial charge in [0.2, 0.25) is 5.13 Å². The predicted octanol–water partition coefficient (Wildman–Crippen LogP) is 10.2. The van der Waals surface area contributed by atoms with E-state index in [9.17, 15) is 0 Å². The third kappa shape index (κ3) is 7.02. The number of aryl methyl sites for hydroxylation is 1. The van der Waals surface area contributed by atoms with Gasteiger partial charge in [-0.05, 0) is 81.3 Å². The van der Waals surface area contributed by atoms with Gasteiger partial charge >= 0.3 is 0 Å². The molecule has 2 aromatic heterocycles. The highest BCUT2D eigenvalue weighted by Gasteiger charge is 2.08. The SMILES string of the molecule is CCCCCCc1cc2sc(N=Nc3ccc(N=Nc4ccc(N(CC)CC)cc4)cc3)nc2s1. The third-order valence-electron chi connectivity index (χ3n) is 5.77. The first-order chi connectivity index (χ1) is 17.2. The molecule has 4 rings (SSSR count). The molecule has 0 bridgehead atoms. The van der Waals surface area contributed by atoms with Gasteiger partial charge in [0.25, 0.3) is 0 Å². The minimum atomic E-state index is 0.695. The molecule has 35 heavy (non-hydrogen) atoms. The molecule has 0 aliphatic carbocycles. The molecule has 4 aromatic rings. The molecule has 0 saturated heterocycles. The van der Waals surface area contributed by atoms with E-state index in [1.807, 2.05) is 36.4 Å². The Bertz CT molecular complexity index is 1220. The maximum absolute atomic E-state index is 4.64. The van der Waals surface area contributed by atoms with Gasteiger partial charge < -0.3 is 4.90 Å². The molecule has 0 spiro atoms. The van der Waals surface area contributed by atoms with Crippen LogP contribution in [0.1, 0.15) is 51.3 Å². The van der Waals surface area contributed by atoms with Gasteiger partial charge in [-0.2, -0.15) is 10.2 Å². The monoisotopic (exact) mass is 504 g/mol. The van der Waals surface area contributed by atoms with Crippen LogP contribution in [0.4, 0.5) is 27.9 Å². The maximum Gasteiger partial charge on any atom is 0.231 e. The summed E-state index contributed by atoms with van der Waals surface area (Å²) in [6.45, 7) is 8.54. The van der Waals surface area contributed by atoms with Crippen molar-refractivity contribution in [2.24, 2.45) is 20.5 Å². The van der Waals surface area contributed by atoms with Crippen molar-refractivity contribution in [2.45, 2.75) is 52.9 Å². The van der Waals surface area contributed by atoms with E-state index in [-0.39, 0.29) is 0 Å². The van der Waals surface area contributed by atoms with E-state index in [1.54, 1.807) is 22.7 Å². The lowest BCUT2D eigenvalue weighted by Crippen LogP contribution is -2.21. The molecule has 0 radical (unpaired) electrons. The summed E-state index contributed by atoms with van der Waals surface area (Å²) in [7, 11) is 0. The molecule has 0 aliphatic rings. The Morgan fingerprint density at radius 2 is 1.31 bits per heavy atom. The highest BCUT2D eigenvalue weighted by Crippen LogP contribution is 2.35. The molecule has 2 aromatic carbocycles. The van der Waals surface area contributed by atoms with Crippen LogP contribution >= 0.6 is 22.7 Å². The first-order valence-electron chi connectivity index (χ1n) is 12.4. The number of unbranched alkanes of at least 4 members (excludes halogenated alkanes) is 3. The van der Waals surface area contributed by atoms with Crippen LogP contribution in [0.3, 0.4) is 0 Å². The number of fused-ring (bicyclic) bond motifs is 1. The summed E-state index contributed by atoms with van der Waals surface area (Å²) in [4.78, 5) is 9.43. The van der Waals surface area contributed by atoms with Crippen LogP contribution in [0.5, 0.6) is 0 Å². The molecule has 0 amide bonds. The number of thiophene rings is 1. The van der Waals surface area contributed by atoms with E-state index in [2.05, 4.69) is 69.3 Å². The van der Waals surface area contributed by atoms with Crippen molar-refractivity contribution in [1.82, 2.24) is 4.98 Å². The molecule has 0 fully saturated rings. The van der Waals surface area contributed by atoms with Gasteiger partial charge in [-0.15, -0.1) is 21.6 Å². The van der Waals surface area contributed by atoms with Crippen LogP contribution in [-0.2, 0) is 6.42 Å². The first kappa shape index (κ1) is 25.1. The molecule has 8 heteroatoms. The fourth-order valence-electron chi connectivity index (χ4n) is 3.78. The van der Waals surface area contributed by atoms with E-state index in [0.717, 1.165) is 41.4 Å². The Labute approximate surface area is 215 Å². The fraction of sp³-hybridized carbons (Fsp3) is 0.370. The quantitative estimate of drug-likeness (QED) is 0.142. The molecule has 2 heterocycles. The highest BCUT2D eigenvalue weighted by molar-refractivity contribution is 7.28. The molecule has 0 N–H and O–H groups in total. The zero-order chi connectivity index (χ0) is 24.5. The fourth-order valence-corrected chi connectivity index (χ4v) is 5.88. The standard InChI is InChI=1S/C27H32N6S2/c1-4-7-8-9-10-24-19-25-26(34-24)28-27(35-25)32-31-21-13-11-20(12-14-21)29-30-22-15-17-23(18-16-22)33(5-2)6-3/h11-19H,4-10H2,1-3H3. The molecular formula is C27H32N6S2. The summed E-state index contributed by atoms with van der Waals surface area (Å²) in [5.41, 5.74) is 3.57. The molecule has 6 nitrogen and oxygen atoms in total. The third-order valence-corrected chi connectivity index (χ3v) is 7.87. The highest BCUT2D eigenvalue weighted by atomic mass is 32.1. The first-order valence-corrected chi connectivity index (χ1v) is 14.0. The number of nitrogens with zero attached hydrogens (tertiary/aromatic N) is 6. The van der Waals surface area contributed by atoms with Crippen LogP contribution < -0.4 is 4.90 Å².